The van der Waals surface area contributed by atoms with E-state index in [1.165, 1.54) is 11.8 Å². The van der Waals surface area contributed by atoms with Gasteiger partial charge in [0.1, 0.15) is 0 Å². The number of aryl methyl sites for hydroxylation is 3. The smallest absolute Gasteiger partial charge is 0.248 e. The van der Waals surface area contributed by atoms with Crippen LogP contribution in [0.15, 0.2) is 53.5 Å². The van der Waals surface area contributed by atoms with E-state index in [2.05, 4.69) is 4.99 Å². The van der Waals surface area contributed by atoms with E-state index >= 15 is 0 Å². The van der Waals surface area contributed by atoms with Crippen LogP contribution >= 0.6 is 11.8 Å². The van der Waals surface area contributed by atoms with E-state index < -0.39 is 9.84 Å². The molecule has 2 atom stereocenters. The first-order chi connectivity index (χ1) is 13.8. The zero-order valence-corrected chi connectivity index (χ0v) is 18.2. The Bertz CT molecular complexity index is 1060. The van der Waals surface area contributed by atoms with Crippen LogP contribution in [0.5, 0.6) is 0 Å². The summed E-state index contributed by atoms with van der Waals surface area (Å²) in [7, 11) is -3.07. The summed E-state index contributed by atoms with van der Waals surface area (Å²) in [5, 5.41) is 0.544. The van der Waals surface area contributed by atoms with Gasteiger partial charge in [-0.25, -0.2) is 8.42 Å². The Morgan fingerprint density at radius 3 is 2.66 bits per heavy atom. The number of anilines is 1. The van der Waals surface area contributed by atoms with Gasteiger partial charge < -0.3 is 4.90 Å². The van der Waals surface area contributed by atoms with Crippen LogP contribution < -0.4 is 4.90 Å². The maximum absolute atomic E-state index is 12.6. The van der Waals surface area contributed by atoms with Crippen LogP contribution in [0, 0.1) is 13.8 Å². The number of amides is 1. The van der Waals surface area contributed by atoms with Crippen molar-refractivity contribution in [1.82, 2.24) is 0 Å². The van der Waals surface area contributed by atoms with Gasteiger partial charge in [-0.2, -0.15) is 4.99 Å². The highest BCUT2D eigenvalue weighted by Crippen LogP contribution is 2.42. The monoisotopic (exact) mass is 428 g/mol. The fourth-order valence-corrected chi connectivity index (χ4v) is 7.81. The Kier molecular flexibility index (Phi) is 5.53. The van der Waals surface area contributed by atoms with Crippen molar-refractivity contribution in [2.75, 3.05) is 16.4 Å². The summed E-state index contributed by atoms with van der Waals surface area (Å²) in [6.45, 7) is 4.02. The fraction of sp³-hybridized carbons (Fsp3) is 0.364. The molecule has 29 heavy (non-hydrogen) atoms. The molecule has 0 radical (unpaired) electrons. The van der Waals surface area contributed by atoms with E-state index in [0.717, 1.165) is 22.4 Å². The van der Waals surface area contributed by atoms with Crippen molar-refractivity contribution in [3.63, 3.8) is 0 Å². The van der Waals surface area contributed by atoms with Crippen LogP contribution in [-0.2, 0) is 21.1 Å². The zero-order valence-electron chi connectivity index (χ0n) is 16.5. The van der Waals surface area contributed by atoms with Crippen LogP contribution in [-0.4, -0.2) is 42.3 Å². The molecule has 2 aliphatic rings. The summed E-state index contributed by atoms with van der Waals surface area (Å²) in [6.07, 6.45) is 0.980. The molecule has 2 aromatic rings. The number of hydrogen-bond acceptors (Lipinski definition) is 4. The Labute approximate surface area is 176 Å². The maximum atomic E-state index is 12.6. The number of sulfone groups is 1. The van der Waals surface area contributed by atoms with Crippen LogP contribution in [0.4, 0.5) is 5.69 Å². The van der Waals surface area contributed by atoms with E-state index in [-0.39, 0.29) is 28.7 Å². The Hall–Kier alpha value is -2.12. The minimum absolute atomic E-state index is 0.0828. The largest absolute Gasteiger partial charge is 0.315 e. The van der Waals surface area contributed by atoms with Crippen LogP contribution in [0.3, 0.4) is 0 Å². The molecule has 0 N–H and O–H groups in total. The number of fused-ring (bicyclic) bond motifs is 1. The number of carbonyl (C=O) groups excluding carboxylic acids is 1. The first kappa shape index (κ1) is 20.2. The SMILES string of the molecule is Cc1ccc(C)c(N2C(=NC(=O)CCc3ccccc3)S[C@H]3CS(=O)(=O)C[C@@H]32)c1. The first-order valence-corrected chi connectivity index (χ1v) is 12.4. The quantitative estimate of drug-likeness (QED) is 0.745. The lowest BCUT2D eigenvalue weighted by atomic mass is 10.1. The van der Waals surface area contributed by atoms with E-state index in [1.807, 2.05) is 67.3 Å². The fourth-order valence-electron chi connectivity index (χ4n) is 3.88. The molecule has 0 spiro atoms. The second-order valence-electron chi connectivity index (χ2n) is 7.73. The first-order valence-electron chi connectivity index (χ1n) is 9.71. The second kappa shape index (κ2) is 7.95. The number of rotatable bonds is 4. The molecule has 2 aliphatic heterocycles. The highest BCUT2D eigenvalue weighted by molar-refractivity contribution is 8.16. The van der Waals surface area contributed by atoms with Gasteiger partial charge in [-0.05, 0) is 43.0 Å². The van der Waals surface area contributed by atoms with Crippen LogP contribution in [0.2, 0.25) is 0 Å². The molecule has 2 aromatic carbocycles. The lowest BCUT2D eigenvalue weighted by molar-refractivity contribution is -0.117. The Balaban J connectivity index is 1.61. The molecule has 0 aliphatic carbocycles. The molecular weight excluding hydrogens is 404 g/mol. The summed E-state index contributed by atoms with van der Waals surface area (Å²) in [4.78, 5) is 19.0. The van der Waals surface area contributed by atoms with Crippen molar-refractivity contribution in [3.8, 4) is 0 Å². The van der Waals surface area contributed by atoms with Gasteiger partial charge in [0.05, 0.1) is 17.5 Å². The summed E-state index contributed by atoms with van der Waals surface area (Å²) < 4.78 is 24.4. The average molecular weight is 429 g/mol. The summed E-state index contributed by atoms with van der Waals surface area (Å²) in [6, 6.07) is 15.8. The number of hydrogen-bond donors (Lipinski definition) is 0. The highest BCUT2D eigenvalue weighted by atomic mass is 32.2. The Morgan fingerprint density at radius 2 is 1.90 bits per heavy atom. The van der Waals surface area contributed by atoms with Crippen molar-refractivity contribution < 1.29 is 13.2 Å². The molecule has 2 fully saturated rings. The number of aliphatic imine (C=N–C) groups is 1. The molecule has 1 amide bonds. The minimum Gasteiger partial charge on any atom is -0.315 e. The molecule has 7 heteroatoms. The van der Waals surface area contributed by atoms with Gasteiger partial charge in [0.2, 0.25) is 5.91 Å². The van der Waals surface area contributed by atoms with Gasteiger partial charge in [-0.3, -0.25) is 4.79 Å². The van der Waals surface area contributed by atoms with Crippen molar-refractivity contribution >= 4 is 38.4 Å². The average Bonchev–Trinajstić information content (AvgIpc) is 3.14. The lowest BCUT2D eigenvalue weighted by Crippen LogP contribution is -2.38. The van der Waals surface area contributed by atoms with Gasteiger partial charge in [0.15, 0.2) is 15.0 Å². The lowest BCUT2D eigenvalue weighted by Gasteiger charge is -2.26. The van der Waals surface area contributed by atoms with Gasteiger partial charge in [0, 0.05) is 17.4 Å². The number of thioether (sulfide) groups is 1. The van der Waals surface area contributed by atoms with E-state index in [9.17, 15) is 13.2 Å². The van der Waals surface area contributed by atoms with Crippen molar-refractivity contribution in [2.24, 2.45) is 4.99 Å². The van der Waals surface area contributed by atoms with Gasteiger partial charge in [-0.1, -0.05) is 54.2 Å². The predicted molar refractivity (Wildman–Crippen MR) is 119 cm³/mol. The molecule has 4 rings (SSSR count). The number of benzene rings is 2. The summed E-state index contributed by atoms with van der Waals surface area (Å²) >= 11 is 1.43. The third-order valence-corrected chi connectivity index (χ3v) is 8.59. The third kappa shape index (κ3) is 4.41. The predicted octanol–water partition coefficient (Wildman–Crippen LogP) is 3.54. The number of nitrogens with zero attached hydrogens (tertiary/aromatic N) is 2. The van der Waals surface area contributed by atoms with Gasteiger partial charge in [-0.15, -0.1) is 0 Å². The van der Waals surface area contributed by atoms with Gasteiger partial charge in [0.25, 0.3) is 0 Å². The Morgan fingerprint density at radius 1 is 1.14 bits per heavy atom. The molecule has 0 unspecified atom stereocenters. The maximum Gasteiger partial charge on any atom is 0.248 e. The van der Waals surface area contributed by atoms with Crippen molar-refractivity contribution in [2.45, 2.75) is 38.0 Å². The van der Waals surface area contributed by atoms with Crippen LogP contribution in [0.1, 0.15) is 23.1 Å². The molecule has 152 valence electrons. The van der Waals surface area contributed by atoms with E-state index in [4.69, 9.17) is 0 Å². The number of carbonyl (C=O) groups is 1. The molecular formula is C22H24N2O3S2. The third-order valence-electron chi connectivity index (χ3n) is 5.38. The molecule has 0 bridgehead atoms. The highest BCUT2D eigenvalue weighted by Gasteiger charge is 2.49. The van der Waals surface area contributed by atoms with Crippen LogP contribution in [0.25, 0.3) is 0 Å². The van der Waals surface area contributed by atoms with Crippen molar-refractivity contribution in [3.05, 3.63) is 65.2 Å². The van der Waals surface area contributed by atoms with E-state index in [1.54, 1.807) is 0 Å². The summed E-state index contributed by atoms with van der Waals surface area (Å²) in [5.74, 6) is 0.0745. The normalized spacial score (nSPS) is 24.1. The van der Waals surface area contributed by atoms with Crippen molar-refractivity contribution in [1.29, 1.82) is 0 Å². The molecule has 0 aromatic heterocycles. The van der Waals surface area contributed by atoms with Gasteiger partial charge >= 0.3 is 0 Å². The molecule has 0 saturated carbocycles. The standard InChI is InChI=1S/C22H24N2O3S2/c1-15-8-9-16(2)18(12-15)24-19-13-29(26,27)14-20(19)28-22(24)23-21(25)11-10-17-6-4-3-5-7-17/h3-9,12,19-20H,10-11,13-14H2,1-2H3/t19-,20-/m0/s1. The zero-order chi connectivity index (χ0) is 20.6. The molecule has 2 heterocycles. The van der Waals surface area contributed by atoms with E-state index in [0.29, 0.717) is 18.0 Å². The second-order valence-corrected chi connectivity index (χ2v) is 11.1. The number of amidine groups is 1. The summed E-state index contributed by atoms with van der Waals surface area (Å²) in [5.41, 5.74) is 4.19. The molecule has 2 saturated heterocycles. The minimum atomic E-state index is -3.07. The molecule has 5 nitrogen and oxygen atoms in total. The topological polar surface area (TPSA) is 66.8 Å².